The summed E-state index contributed by atoms with van der Waals surface area (Å²) in [6.07, 6.45) is 0. The van der Waals surface area contributed by atoms with Gasteiger partial charge in [-0.2, -0.15) is 5.10 Å². The number of ketones is 1. The molecule has 0 saturated carbocycles. The second-order valence-corrected chi connectivity index (χ2v) is 3.58. The fraction of sp³-hybridized carbons (Fsp3) is 0.200. The fourth-order valence-electron chi connectivity index (χ4n) is 1.28. The molecule has 3 nitrogen and oxygen atoms in total. The van der Waals surface area contributed by atoms with Crippen LogP contribution < -0.4 is 5.01 Å². The number of hydrogen-bond acceptors (Lipinski definition) is 3. The Morgan fingerprint density at radius 3 is 2.50 bits per heavy atom. The molecular formula is C10H9ClN2O. The highest BCUT2D eigenvalue weighted by Gasteiger charge is 2.20. The molecule has 1 heterocycles. The van der Waals surface area contributed by atoms with E-state index in [0.717, 1.165) is 5.69 Å². The van der Waals surface area contributed by atoms with Crippen LogP contribution in [0, 0.1) is 0 Å². The topological polar surface area (TPSA) is 32.7 Å². The molecule has 1 aromatic rings. The van der Waals surface area contributed by atoms with Gasteiger partial charge in [0, 0.05) is 5.02 Å². The lowest BCUT2D eigenvalue weighted by molar-refractivity contribution is -0.111. The van der Waals surface area contributed by atoms with Gasteiger partial charge in [0.1, 0.15) is 12.3 Å². The van der Waals surface area contributed by atoms with Gasteiger partial charge in [-0.15, -0.1) is 0 Å². The molecule has 1 aliphatic heterocycles. The second kappa shape index (κ2) is 3.42. The van der Waals surface area contributed by atoms with Crippen LogP contribution in [0.25, 0.3) is 0 Å². The van der Waals surface area contributed by atoms with Crippen molar-refractivity contribution in [1.82, 2.24) is 0 Å². The third kappa shape index (κ3) is 1.63. The second-order valence-electron chi connectivity index (χ2n) is 3.14. The summed E-state index contributed by atoms with van der Waals surface area (Å²) in [5.41, 5.74) is 1.44. The number of rotatable bonds is 1. The van der Waals surface area contributed by atoms with Crippen LogP contribution >= 0.6 is 11.6 Å². The predicted molar refractivity (Wildman–Crippen MR) is 56.9 cm³/mol. The standard InChI is InChI=1S/C10H9ClN2O/c1-7-10(14)6-13(12-7)9-4-2-8(11)3-5-9/h2-5H,6H2,1H3. The zero-order valence-corrected chi connectivity index (χ0v) is 8.45. The van der Waals surface area contributed by atoms with Crippen molar-refractivity contribution < 1.29 is 4.79 Å². The summed E-state index contributed by atoms with van der Waals surface area (Å²) in [6, 6.07) is 7.25. The number of anilines is 1. The lowest BCUT2D eigenvalue weighted by Gasteiger charge is -2.11. The van der Waals surface area contributed by atoms with Crippen molar-refractivity contribution in [1.29, 1.82) is 0 Å². The van der Waals surface area contributed by atoms with Crippen LogP contribution in [0.1, 0.15) is 6.92 Å². The summed E-state index contributed by atoms with van der Waals surface area (Å²) in [6.45, 7) is 2.05. The van der Waals surface area contributed by atoms with Crippen molar-refractivity contribution in [2.24, 2.45) is 5.10 Å². The van der Waals surface area contributed by atoms with Gasteiger partial charge in [0.2, 0.25) is 0 Å². The number of hydrazone groups is 1. The van der Waals surface area contributed by atoms with Crippen molar-refractivity contribution in [2.45, 2.75) is 6.92 Å². The molecule has 0 bridgehead atoms. The normalized spacial score (nSPS) is 16.0. The van der Waals surface area contributed by atoms with Crippen LogP contribution in [0.4, 0.5) is 5.69 Å². The van der Waals surface area contributed by atoms with Crippen molar-refractivity contribution in [3.05, 3.63) is 29.3 Å². The van der Waals surface area contributed by atoms with Crippen molar-refractivity contribution in [2.75, 3.05) is 11.6 Å². The van der Waals surface area contributed by atoms with Crippen LogP contribution in [-0.2, 0) is 4.79 Å². The molecule has 72 valence electrons. The van der Waals surface area contributed by atoms with Crippen LogP contribution in [0.15, 0.2) is 29.4 Å². The minimum absolute atomic E-state index is 0.0694. The van der Waals surface area contributed by atoms with Gasteiger partial charge < -0.3 is 0 Å². The first kappa shape index (κ1) is 9.21. The first-order chi connectivity index (χ1) is 6.66. The molecule has 2 rings (SSSR count). The largest absolute Gasteiger partial charge is 0.291 e. The summed E-state index contributed by atoms with van der Waals surface area (Å²) in [4.78, 5) is 11.2. The van der Waals surface area contributed by atoms with Crippen LogP contribution in [0.2, 0.25) is 5.02 Å². The van der Waals surface area contributed by atoms with Gasteiger partial charge in [-0.25, -0.2) is 0 Å². The van der Waals surface area contributed by atoms with E-state index in [2.05, 4.69) is 5.10 Å². The molecular weight excluding hydrogens is 200 g/mol. The smallest absolute Gasteiger partial charge is 0.199 e. The van der Waals surface area contributed by atoms with E-state index in [1.165, 1.54) is 0 Å². The van der Waals surface area contributed by atoms with E-state index in [9.17, 15) is 4.79 Å². The Bertz CT molecular complexity index is 397. The molecule has 0 spiro atoms. The quantitative estimate of drug-likeness (QED) is 0.708. The summed E-state index contributed by atoms with van der Waals surface area (Å²) in [5, 5.41) is 6.48. The van der Waals surface area contributed by atoms with Gasteiger partial charge in [0.25, 0.3) is 0 Å². The molecule has 14 heavy (non-hydrogen) atoms. The van der Waals surface area contributed by atoms with Crippen molar-refractivity contribution in [3.8, 4) is 0 Å². The molecule has 0 radical (unpaired) electrons. The first-order valence-electron chi connectivity index (χ1n) is 4.28. The molecule has 0 saturated heterocycles. The molecule has 0 N–H and O–H groups in total. The van der Waals surface area contributed by atoms with E-state index in [4.69, 9.17) is 11.6 Å². The van der Waals surface area contributed by atoms with E-state index in [1.807, 2.05) is 12.1 Å². The monoisotopic (exact) mass is 208 g/mol. The van der Waals surface area contributed by atoms with E-state index >= 15 is 0 Å². The minimum atomic E-state index is 0.0694. The minimum Gasteiger partial charge on any atom is -0.291 e. The Morgan fingerprint density at radius 2 is 2.00 bits per heavy atom. The lowest BCUT2D eigenvalue weighted by Crippen LogP contribution is -2.17. The van der Waals surface area contributed by atoms with Crippen LogP contribution in [-0.4, -0.2) is 18.0 Å². The number of carbonyl (C=O) groups is 1. The Hall–Kier alpha value is -1.35. The molecule has 0 amide bonds. The number of hydrogen-bond donors (Lipinski definition) is 0. The fourth-order valence-corrected chi connectivity index (χ4v) is 1.41. The summed E-state index contributed by atoms with van der Waals surface area (Å²) >= 11 is 5.75. The van der Waals surface area contributed by atoms with E-state index in [-0.39, 0.29) is 5.78 Å². The molecule has 4 heteroatoms. The summed E-state index contributed by atoms with van der Waals surface area (Å²) < 4.78 is 0. The van der Waals surface area contributed by atoms with Gasteiger partial charge in [0.05, 0.1) is 5.69 Å². The highest BCUT2D eigenvalue weighted by Crippen LogP contribution is 2.20. The highest BCUT2D eigenvalue weighted by molar-refractivity contribution is 6.42. The van der Waals surface area contributed by atoms with Crippen molar-refractivity contribution in [3.63, 3.8) is 0 Å². The number of carbonyl (C=O) groups excluding carboxylic acids is 1. The molecule has 0 unspecified atom stereocenters. The molecule has 0 aliphatic carbocycles. The van der Waals surface area contributed by atoms with Gasteiger partial charge >= 0.3 is 0 Å². The average Bonchev–Trinajstić information content (AvgIpc) is 2.48. The van der Waals surface area contributed by atoms with Crippen LogP contribution in [0.5, 0.6) is 0 Å². The zero-order valence-electron chi connectivity index (χ0n) is 7.70. The molecule has 1 aromatic carbocycles. The van der Waals surface area contributed by atoms with Gasteiger partial charge in [0.15, 0.2) is 5.78 Å². The Morgan fingerprint density at radius 1 is 1.36 bits per heavy atom. The van der Waals surface area contributed by atoms with Gasteiger partial charge in [-0.3, -0.25) is 9.80 Å². The predicted octanol–water partition coefficient (Wildman–Crippen LogP) is 2.10. The number of Topliss-reactive ketones (excluding diaryl/α,β-unsaturated/α-hetero) is 1. The van der Waals surface area contributed by atoms with E-state index < -0.39 is 0 Å². The third-order valence-electron chi connectivity index (χ3n) is 2.09. The van der Waals surface area contributed by atoms with E-state index in [0.29, 0.717) is 17.3 Å². The van der Waals surface area contributed by atoms with Crippen molar-refractivity contribution >= 4 is 28.8 Å². The maximum Gasteiger partial charge on any atom is 0.199 e. The number of halogens is 1. The lowest BCUT2D eigenvalue weighted by atomic mass is 10.3. The average molecular weight is 209 g/mol. The summed E-state index contributed by atoms with van der Waals surface area (Å²) in [5.74, 6) is 0.0694. The maximum absolute atomic E-state index is 11.2. The Balaban J connectivity index is 2.26. The molecule has 0 atom stereocenters. The number of benzene rings is 1. The van der Waals surface area contributed by atoms with E-state index in [1.54, 1.807) is 24.1 Å². The van der Waals surface area contributed by atoms with Gasteiger partial charge in [-0.1, -0.05) is 11.6 Å². The Kier molecular flexibility index (Phi) is 2.25. The SMILES string of the molecule is CC1=NN(c2ccc(Cl)cc2)CC1=O. The van der Waals surface area contributed by atoms with Gasteiger partial charge in [-0.05, 0) is 31.2 Å². The molecule has 0 fully saturated rings. The zero-order chi connectivity index (χ0) is 10.1. The first-order valence-corrected chi connectivity index (χ1v) is 4.66. The summed E-state index contributed by atoms with van der Waals surface area (Å²) in [7, 11) is 0. The Labute approximate surface area is 87.0 Å². The molecule has 0 aromatic heterocycles. The highest BCUT2D eigenvalue weighted by atomic mass is 35.5. The third-order valence-corrected chi connectivity index (χ3v) is 2.34. The number of nitrogens with zero attached hydrogens (tertiary/aromatic N) is 2. The maximum atomic E-state index is 11.2. The van der Waals surface area contributed by atoms with Crippen LogP contribution in [0.3, 0.4) is 0 Å². The molecule has 1 aliphatic rings.